The van der Waals surface area contributed by atoms with Crippen molar-refractivity contribution in [2.45, 2.75) is 39.0 Å². The van der Waals surface area contributed by atoms with Gasteiger partial charge in [0, 0.05) is 48.4 Å². The Kier molecular flexibility index (Phi) is 6.31. The van der Waals surface area contributed by atoms with Crippen LogP contribution in [0.25, 0.3) is 10.9 Å². The SMILES string of the molecule is C.CC1CN(C(=O)c2cc(N3CCC(c4cc5ccccc5[nH]c4=O)CC3)ncn2)c2ccccc21. The van der Waals surface area contributed by atoms with E-state index >= 15 is 0 Å². The van der Waals surface area contributed by atoms with Gasteiger partial charge >= 0.3 is 0 Å². The molecule has 2 aliphatic heterocycles. The Morgan fingerprint density at radius 1 is 0.972 bits per heavy atom. The molecular formula is C29H31N5O2. The summed E-state index contributed by atoms with van der Waals surface area (Å²) >= 11 is 0. The summed E-state index contributed by atoms with van der Waals surface area (Å²) in [7, 11) is 0. The standard InChI is InChI=1S/C28H27N5O2.CH4/c1-18-16-33(25-9-5-3-7-21(18)25)28(35)24-15-26(30-17-29-24)32-12-10-19(11-13-32)22-14-20-6-2-4-8-23(20)31-27(22)34;/h2-9,14-15,17-19H,10-13,16H2,1H3,(H,31,34);1H4. The highest BCUT2D eigenvalue weighted by Gasteiger charge is 2.31. The van der Waals surface area contributed by atoms with Crippen LogP contribution in [-0.4, -0.2) is 40.5 Å². The van der Waals surface area contributed by atoms with Crippen molar-refractivity contribution in [3.63, 3.8) is 0 Å². The molecule has 1 N–H and O–H groups in total. The molecule has 184 valence electrons. The molecule has 1 unspecified atom stereocenters. The Bertz CT molecular complexity index is 1470. The van der Waals surface area contributed by atoms with Crippen LogP contribution in [0.2, 0.25) is 0 Å². The van der Waals surface area contributed by atoms with E-state index < -0.39 is 0 Å². The summed E-state index contributed by atoms with van der Waals surface area (Å²) in [6.07, 6.45) is 3.19. The smallest absolute Gasteiger partial charge is 0.277 e. The normalized spacial score (nSPS) is 17.6. The minimum absolute atomic E-state index is 0. The number of aromatic nitrogens is 3. The van der Waals surface area contributed by atoms with E-state index in [-0.39, 0.29) is 24.8 Å². The molecule has 0 bridgehead atoms. The van der Waals surface area contributed by atoms with Crippen LogP contribution < -0.4 is 15.4 Å². The van der Waals surface area contributed by atoms with E-state index in [1.807, 2.05) is 53.4 Å². The summed E-state index contributed by atoms with van der Waals surface area (Å²) in [5, 5.41) is 1.06. The van der Waals surface area contributed by atoms with E-state index in [1.54, 1.807) is 6.07 Å². The number of aromatic amines is 1. The first-order valence-corrected chi connectivity index (χ1v) is 12.2. The van der Waals surface area contributed by atoms with Gasteiger partial charge in [-0.3, -0.25) is 9.59 Å². The van der Waals surface area contributed by atoms with Gasteiger partial charge in [0.05, 0.1) is 0 Å². The van der Waals surface area contributed by atoms with E-state index in [4.69, 9.17) is 0 Å². The predicted octanol–water partition coefficient (Wildman–Crippen LogP) is 5.10. The summed E-state index contributed by atoms with van der Waals surface area (Å²) in [5.41, 5.74) is 4.28. The average molecular weight is 482 g/mol. The molecule has 4 heterocycles. The number of H-pyrrole nitrogens is 1. The number of anilines is 2. The number of nitrogens with one attached hydrogen (secondary N) is 1. The molecular weight excluding hydrogens is 450 g/mol. The first kappa shape index (κ1) is 23.7. The Balaban J connectivity index is 0.00000267. The van der Waals surface area contributed by atoms with Crippen molar-refractivity contribution in [2.24, 2.45) is 0 Å². The van der Waals surface area contributed by atoms with Crippen LogP contribution in [-0.2, 0) is 0 Å². The van der Waals surface area contributed by atoms with Gasteiger partial charge in [-0.15, -0.1) is 0 Å². The lowest BCUT2D eigenvalue weighted by Crippen LogP contribution is -2.35. The largest absolute Gasteiger partial charge is 0.356 e. The number of benzene rings is 2. The lowest BCUT2D eigenvalue weighted by atomic mass is 9.89. The van der Waals surface area contributed by atoms with Crippen LogP contribution in [0.15, 0.2) is 71.8 Å². The summed E-state index contributed by atoms with van der Waals surface area (Å²) in [5.74, 6) is 1.16. The van der Waals surface area contributed by atoms with Crippen molar-refractivity contribution in [1.29, 1.82) is 0 Å². The molecule has 2 aromatic carbocycles. The third-order valence-corrected chi connectivity index (χ3v) is 7.37. The van der Waals surface area contributed by atoms with E-state index in [2.05, 4.69) is 32.8 Å². The van der Waals surface area contributed by atoms with Crippen molar-refractivity contribution in [2.75, 3.05) is 29.4 Å². The summed E-state index contributed by atoms with van der Waals surface area (Å²) in [4.78, 5) is 41.9. The molecule has 2 aromatic heterocycles. The molecule has 0 radical (unpaired) electrons. The fraction of sp³-hybridized carbons (Fsp3) is 0.310. The fourth-order valence-corrected chi connectivity index (χ4v) is 5.48. The van der Waals surface area contributed by atoms with Gasteiger partial charge in [0.1, 0.15) is 17.8 Å². The number of para-hydroxylation sites is 2. The topological polar surface area (TPSA) is 82.2 Å². The van der Waals surface area contributed by atoms with Gasteiger partial charge in [-0.1, -0.05) is 50.7 Å². The van der Waals surface area contributed by atoms with Gasteiger partial charge < -0.3 is 14.8 Å². The van der Waals surface area contributed by atoms with Gasteiger partial charge in [-0.25, -0.2) is 9.97 Å². The molecule has 6 rings (SSSR count). The number of pyridine rings is 1. The van der Waals surface area contributed by atoms with Gasteiger partial charge in [0.25, 0.3) is 11.5 Å². The molecule has 0 spiro atoms. The number of fused-ring (bicyclic) bond motifs is 2. The monoisotopic (exact) mass is 481 g/mol. The Morgan fingerprint density at radius 3 is 2.56 bits per heavy atom. The zero-order valence-electron chi connectivity index (χ0n) is 19.6. The quantitative estimate of drug-likeness (QED) is 0.440. The van der Waals surface area contributed by atoms with E-state index in [0.717, 1.165) is 53.9 Å². The first-order valence-electron chi connectivity index (χ1n) is 12.2. The van der Waals surface area contributed by atoms with Crippen molar-refractivity contribution in [1.82, 2.24) is 15.0 Å². The second kappa shape index (κ2) is 9.57. The number of nitrogens with zero attached hydrogens (tertiary/aromatic N) is 4. The predicted molar refractivity (Wildman–Crippen MR) is 144 cm³/mol. The molecule has 0 aliphatic carbocycles. The molecule has 0 saturated carbocycles. The minimum atomic E-state index is -0.0944. The maximum Gasteiger partial charge on any atom is 0.277 e. The number of hydrogen-bond donors (Lipinski definition) is 1. The maximum absolute atomic E-state index is 13.4. The lowest BCUT2D eigenvalue weighted by Gasteiger charge is -2.32. The van der Waals surface area contributed by atoms with Crippen molar-refractivity contribution >= 4 is 28.3 Å². The van der Waals surface area contributed by atoms with Crippen LogP contribution in [0.4, 0.5) is 11.5 Å². The van der Waals surface area contributed by atoms with Crippen LogP contribution in [0, 0.1) is 0 Å². The second-order valence-electron chi connectivity index (χ2n) is 9.54. The number of piperidine rings is 1. The zero-order chi connectivity index (χ0) is 23.9. The third kappa shape index (κ3) is 4.15. The fourth-order valence-electron chi connectivity index (χ4n) is 5.48. The molecule has 2 aliphatic rings. The Hall–Kier alpha value is -4.00. The van der Waals surface area contributed by atoms with Crippen LogP contribution in [0.5, 0.6) is 0 Å². The summed E-state index contributed by atoms with van der Waals surface area (Å²) < 4.78 is 0. The van der Waals surface area contributed by atoms with E-state index in [1.165, 1.54) is 11.9 Å². The molecule has 1 fully saturated rings. The molecule has 1 atom stereocenters. The Morgan fingerprint density at radius 2 is 1.72 bits per heavy atom. The number of rotatable bonds is 3. The van der Waals surface area contributed by atoms with E-state index in [9.17, 15) is 9.59 Å². The van der Waals surface area contributed by atoms with Crippen molar-refractivity contribution in [3.05, 3.63) is 94.2 Å². The maximum atomic E-state index is 13.4. The highest BCUT2D eigenvalue weighted by Crippen LogP contribution is 2.36. The van der Waals surface area contributed by atoms with Crippen molar-refractivity contribution < 1.29 is 4.79 Å². The zero-order valence-corrected chi connectivity index (χ0v) is 19.6. The highest BCUT2D eigenvalue weighted by atomic mass is 16.2. The third-order valence-electron chi connectivity index (χ3n) is 7.37. The van der Waals surface area contributed by atoms with Crippen LogP contribution in [0.3, 0.4) is 0 Å². The molecule has 36 heavy (non-hydrogen) atoms. The summed E-state index contributed by atoms with van der Waals surface area (Å²) in [6, 6.07) is 19.8. The number of carbonyl (C=O) groups excluding carboxylic acids is 1. The lowest BCUT2D eigenvalue weighted by molar-refractivity contribution is 0.0983. The summed E-state index contributed by atoms with van der Waals surface area (Å²) in [6.45, 7) is 4.34. The van der Waals surface area contributed by atoms with Gasteiger partial charge in [-0.05, 0) is 47.9 Å². The average Bonchev–Trinajstić information content (AvgIpc) is 3.24. The van der Waals surface area contributed by atoms with Crippen molar-refractivity contribution in [3.8, 4) is 0 Å². The number of amides is 1. The molecule has 7 nitrogen and oxygen atoms in total. The molecule has 4 aromatic rings. The number of hydrogen-bond acceptors (Lipinski definition) is 5. The van der Waals surface area contributed by atoms with Crippen LogP contribution in [0.1, 0.15) is 60.6 Å². The number of carbonyl (C=O) groups is 1. The van der Waals surface area contributed by atoms with Gasteiger partial charge in [-0.2, -0.15) is 0 Å². The molecule has 7 heteroatoms. The minimum Gasteiger partial charge on any atom is -0.356 e. The Labute approximate surface area is 210 Å². The first-order chi connectivity index (χ1) is 17.1. The highest BCUT2D eigenvalue weighted by molar-refractivity contribution is 6.06. The molecule has 1 amide bonds. The van der Waals surface area contributed by atoms with Gasteiger partial charge in [0.2, 0.25) is 0 Å². The second-order valence-corrected chi connectivity index (χ2v) is 9.54. The molecule has 1 saturated heterocycles. The van der Waals surface area contributed by atoms with Crippen LogP contribution >= 0.6 is 0 Å². The van der Waals surface area contributed by atoms with Gasteiger partial charge in [0.15, 0.2) is 0 Å². The van der Waals surface area contributed by atoms with E-state index in [0.29, 0.717) is 18.2 Å².